The molecule has 1 N–H and O–H groups in total. The first kappa shape index (κ1) is 13.1. The van der Waals surface area contributed by atoms with Gasteiger partial charge in [-0.3, -0.25) is 4.98 Å². The Hall–Kier alpha value is -2.35. The van der Waals surface area contributed by atoms with Crippen LogP contribution in [0.15, 0.2) is 35.0 Å². The van der Waals surface area contributed by atoms with Crippen LogP contribution in [-0.2, 0) is 4.74 Å². The summed E-state index contributed by atoms with van der Waals surface area (Å²) in [6, 6.07) is 3.78. The minimum atomic E-state index is -0.183. The van der Waals surface area contributed by atoms with Crippen molar-refractivity contribution in [3.8, 4) is 6.07 Å². The average molecular weight is 256 g/mol. The minimum Gasteiger partial charge on any atom is -0.496 e. The maximum absolute atomic E-state index is 8.86. The summed E-state index contributed by atoms with van der Waals surface area (Å²) in [5, 5.41) is 12.0. The molecule has 5 nitrogen and oxygen atoms in total. The fourth-order valence-corrected chi connectivity index (χ4v) is 1.97. The van der Waals surface area contributed by atoms with E-state index in [1.165, 1.54) is 6.20 Å². The van der Waals surface area contributed by atoms with E-state index >= 15 is 0 Å². The number of aromatic nitrogens is 1. The Labute approximate surface area is 112 Å². The second-order valence-corrected chi connectivity index (χ2v) is 4.61. The molecule has 0 saturated carbocycles. The van der Waals surface area contributed by atoms with Crippen molar-refractivity contribution in [2.75, 3.05) is 12.4 Å². The molecule has 1 atom stereocenters. The molecule has 19 heavy (non-hydrogen) atoms. The molecule has 1 aromatic rings. The first-order valence-corrected chi connectivity index (χ1v) is 6.09. The van der Waals surface area contributed by atoms with Gasteiger partial charge in [0.25, 0.3) is 0 Å². The maximum atomic E-state index is 8.86. The number of hydrogen-bond donors (Lipinski definition) is 1. The first-order valence-electron chi connectivity index (χ1n) is 6.09. The highest BCUT2D eigenvalue weighted by Crippen LogP contribution is 2.36. The van der Waals surface area contributed by atoms with Gasteiger partial charge in [0, 0.05) is 12.4 Å². The van der Waals surface area contributed by atoms with E-state index in [-0.39, 0.29) is 5.41 Å². The molecule has 0 saturated heterocycles. The van der Waals surface area contributed by atoms with Gasteiger partial charge < -0.3 is 10.1 Å². The van der Waals surface area contributed by atoms with Crippen LogP contribution in [0.2, 0.25) is 0 Å². The van der Waals surface area contributed by atoms with Crippen molar-refractivity contribution in [2.24, 2.45) is 10.4 Å². The zero-order valence-electron chi connectivity index (χ0n) is 11.3. The summed E-state index contributed by atoms with van der Waals surface area (Å²) in [6.07, 6.45) is 5.96. The summed E-state index contributed by atoms with van der Waals surface area (Å²) in [5.41, 5.74) is 1.04. The predicted octanol–water partition coefficient (Wildman–Crippen LogP) is 2.68. The summed E-state index contributed by atoms with van der Waals surface area (Å²) in [5.74, 6) is 1.47. The van der Waals surface area contributed by atoms with Gasteiger partial charge in [-0.25, -0.2) is 4.99 Å². The highest BCUT2D eigenvalue weighted by Gasteiger charge is 2.34. The molecular formula is C14H16N4O. The number of hydrogen-bond acceptors (Lipinski definition) is 5. The van der Waals surface area contributed by atoms with Crippen LogP contribution in [0.3, 0.4) is 0 Å². The molecule has 1 unspecified atom stereocenters. The molecule has 0 bridgehead atoms. The topological polar surface area (TPSA) is 70.3 Å². The maximum Gasteiger partial charge on any atom is 0.169 e. The number of nitrogens with zero attached hydrogens (tertiary/aromatic N) is 3. The number of nitrogens with one attached hydrogen (secondary N) is 1. The zero-order valence-corrected chi connectivity index (χ0v) is 11.3. The summed E-state index contributed by atoms with van der Waals surface area (Å²) < 4.78 is 5.47. The van der Waals surface area contributed by atoms with E-state index in [0.29, 0.717) is 11.4 Å². The molecule has 98 valence electrons. The Morgan fingerprint density at radius 1 is 1.47 bits per heavy atom. The predicted molar refractivity (Wildman–Crippen MR) is 73.5 cm³/mol. The number of allylic oxidation sites excluding steroid dienone is 1. The lowest BCUT2D eigenvalue weighted by Crippen LogP contribution is -2.19. The van der Waals surface area contributed by atoms with E-state index in [1.54, 1.807) is 19.4 Å². The largest absolute Gasteiger partial charge is 0.496 e. The first-order chi connectivity index (χ1) is 9.12. The Morgan fingerprint density at radius 2 is 2.26 bits per heavy atom. The van der Waals surface area contributed by atoms with Gasteiger partial charge >= 0.3 is 0 Å². The van der Waals surface area contributed by atoms with Gasteiger partial charge in [0.15, 0.2) is 5.82 Å². The van der Waals surface area contributed by atoms with Crippen LogP contribution >= 0.6 is 0 Å². The molecule has 0 radical (unpaired) electrons. The van der Waals surface area contributed by atoms with E-state index in [0.717, 1.165) is 17.9 Å². The third-order valence-corrected chi connectivity index (χ3v) is 3.28. The van der Waals surface area contributed by atoms with Crippen LogP contribution < -0.4 is 5.32 Å². The van der Waals surface area contributed by atoms with Crippen LogP contribution in [0.4, 0.5) is 5.69 Å². The third kappa shape index (κ3) is 2.43. The number of pyridine rings is 1. The molecule has 0 fully saturated rings. The fourth-order valence-electron chi connectivity index (χ4n) is 1.97. The molecule has 1 aliphatic heterocycles. The van der Waals surface area contributed by atoms with Gasteiger partial charge in [-0.1, -0.05) is 6.92 Å². The second kappa shape index (κ2) is 5.11. The Kier molecular flexibility index (Phi) is 3.52. The van der Waals surface area contributed by atoms with Crippen molar-refractivity contribution in [3.63, 3.8) is 0 Å². The van der Waals surface area contributed by atoms with Crippen LogP contribution in [0.1, 0.15) is 25.8 Å². The molecule has 0 aromatic carbocycles. The Bertz CT molecular complexity index is 585. The number of nitriles is 1. The highest BCUT2D eigenvalue weighted by molar-refractivity contribution is 5.76. The van der Waals surface area contributed by atoms with E-state index in [1.807, 2.05) is 6.21 Å². The summed E-state index contributed by atoms with van der Waals surface area (Å²) in [7, 11) is 1.64. The lowest BCUT2D eigenvalue weighted by Gasteiger charge is -2.22. The molecule has 2 rings (SSSR count). The number of rotatable bonds is 4. The summed E-state index contributed by atoms with van der Waals surface area (Å²) in [6.45, 7) is 4.17. The SMILES string of the molecule is CCC1(C)C=NC(Nc2cncc(C#N)c2)=C1OC. The van der Waals surface area contributed by atoms with Gasteiger partial charge in [0.1, 0.15) is 11.8 Å². The van der Waals surface area contributed by atoms with E-state index in [9.17, 15) is 0 Å². The quantitative estimate of drug-likeness (QED) is 0.899. The van der Waals surface area contributed by atoms with Crippen molar-refractivity contribution in [2.45, 2.75) is 20.3 Å². The summed E-state index contributed by atoms with van der Waals surface area (Å²) in [4.78, 5) is 8.38. The normalized spacial score (nSPS) is 21.4. The lowest BCUT2D eigenvalue weighted by atomic mass is 9.88. The number of methoxy groups -OCH3 is 1. The number of ether oxygens (including phenoxy) is 1. The van der Waals surface area contributed by atoms with Crippen LogP contribution in [0, 0.1) is 16.7 Å². The second-order valence-electron chi connectivity index (χ2n) is 4.61. The lowest BCUT2D eigenvalue weighted by molar-refractivity contribution is 0.222. The zero-order chi connectivity index (χ0) is 13.9. The van der Waals surface area contributed by atoms with E-state index in [4.69, 9.17) is 10.00 Å². The van der Waals surface area contributed by atoms with Crippen LogP contribution in [0.25, 0.3) is 0 Å². The number of aliphatic imine (C=N–C) groups is 1. The fraction of sp³-hybridized carbons (Fsp3) is 0.357. The van der Waals surface area contributed by atoms with Gasteiger partial charge in [-0.05, 0) is 19.4 Å². The minimum absolute atomic E-state index is 0.183. The Morgan fingerprint density at radius 3 is 2.89 bits per heavy atom. The molecule has 1 aromatic heterocycles. The summed E-state index contributed by atoms with van der Waals surface area (Å²) >= 11 is 0. The number of anilines is 1. The van der Waals surface area contributed by atoms with E-state index in [2.05, 4.69) is 35.2 Å². The molecular weight excluding hydrogens is 240 g/mol. The van der Waals surface area contributed by atoms with Gasteiger partial charge in [0.05, 0.1) is 30.0 Å². The Balaban J connectivity index is 2.30. The molecule has 0 spiro atoms. The highest BCUT2D eigenvalue weighted by atomic mass is 16.5. The molecule has 2 heterocycles. The smallest absolute Gasteiger partial charge is 0.169 e. The van der Waals surface area contributed by atoms with Crippen LogP contribution in [0.5, 0.6) is 0 Å². The van der Waals surface area contributed by atoms with Gasteiger partial charge in [0.2, 0.25) is 0 Å². The average Bonchev–Trinajstić information content (AvgIpc) is 2.76. The van der Waals surface area contributed by atoms with Crippen molar-refractivity contribution in [1.29, 1.82) is 5.26 Å². The van der Waals surface area contributed by atoms with E-state index < -0.39 is 0 Å². The van der Waals surface area contributed by atoms with Crippen LogP contribution in [-0.4, -0.2) is 18.3 Å². The molecule has 5 heteroatoms. The molecule has 0 amide bonds. The van der Waals surface area contributed by atoms with Gasteiger partial charge in [-0.2, -0.15) is 5.26 Å². The standard InChI is InChI=1S/C14H16N4O/c1-4-14(2)9-17-13(12(14)19-3)18-11-5-10(6-15)7-16-8-11/h5,7-9,18H,4H2,1-3H3. The third-order valence-electron chi connectivity index (χ3n) is 3.28. The molecule has 1 aliphatic rings. The monoisotopic (exact) mass is 256 g/mol. The van der Waals surface area contributed by atoms with Crippen molar-refractivity contribution < 1.29 is 4.74 Å². The van der Waals surface area contributed by atoms with Crippen molar-refractivity contribution in [1.82, 2.24) is 4.98 Å². The van der Waals surface area contributed by atoms with Gasteiger partial charge in [-0.15, -0.1) is 0 Å². The molecule has 0 aliphatic carbocycles. The van der Waals surface area contributed by atoms with Crippen molar-refractivity contribution >= 4 is 11.9 Å². The van der Waals surface area contributed by atoms with Crippen molar-refractivity contribution in [3.05, 3.63) is 35.6 Å².